The Morgan fingerprint density at radius 2 is 1.74 bits per heavy atom. The molecule has 0 atom stereocenters. The third-order valence-corrected chi connectivity index (χ3v) is 4.53. The highest BCUT2D eigenvalue weighted by atomic mass is 19.4. The third-order valence-electron chi connectivity index (χ3n) is 4.53. The first-order valence-corrected chi connectivity index (χ1v) is 9.33. The lowest BCUT2D eigenvalue weighted by atomic mass is 10.1. The number of hydrogen-bond acceptors (Lipinski definition) is 5. The highest BCUT2D eigenvalue weighted by Crippen LogP contribution is 2.31. The number of nitrogens with zero attached hydrogens (tertiary/aromatic N) is 3. The number of pyridine rings is 1. The normalized spacial score (nSPS) is 11.5. The number of aromatic nitrogens is 3. The van der Waals surface area contributed by atoms with Gasteiger partial charge < -0.3 is 10.1 Å². The first kappa shape index (κ1) is 20.5. The van der Waals surface area contributed by atoms with Crippen LogP contribution < -0.4 is 10.1 Å². The quantitative estimate of drug-likeness (QED) is 0.404. The number of nitrogens with one attached hydrogen (secondary N) is 1. The van der Waals surface area contributed by atoms with Gasteiger partial charge in [-0.15, -0.1) is 0 Å². The molecule has 4 aromatic rings. The number of hydrogen-bond donors (Lipinski definition) is 1. The molecular weight excluding hydrogens is 412 g/mol. The molecule has 0 aliphatic rings. The maximum atomic E-state index is 13.8. The van der Waals surface area contributed by atoms with E-state index < -0.39 is 17.6 Å². The van der Waals surface area contributed by atoms with Crippen molar-refractivity contribution in [2.45, 2.75) is 12.6 Å². The van der Waals surface area contributed by atoms with Gasteiger partial charge in [-0.3, -0.25) is 0 Å². The fraction of sp³-hybridized carbons (Fsp3) is 0.136. The molecule has 0 aliphatic carbocycles. The van der Waals surface area contributed by atoms with Crippen LogP contribution in [0.4, 0.5) is 23.4 Å². The predicted molar refractivity (Wildman–Crippen MR) is 107 cm³/mol. The highest BCUT2D eigenvalue weighted by Gasteiger charge is 2.31. The summed E-state index contributed by atoms with van der Waals surface area (Å²) in [7, 11) is 0. The summed E-state index contributed by atoms with van der Waals surface area (Å²) < 4.78 is 57.6. The Labute approximate surface area is 174 Å². The van der Waals surface area contributed by atoms with Crippen LogP contribution in [0.25, 0.3) is 10.9 Å². The minimum Gasteiger partial charge on any atom is -0.439 e. The van der Waals surface area contributed by atoms with Crippen LogP contribution in [-0.2, 0) is 12.6 Å². The summed E-state index contributed by atoms with van der Waals surface area (Å²) in [4.78, 5) is 11.9. The number of ether oxygens (including phenoxy) is 1. The second kappa shape index (κ2) is 8.55. The molecule has 0 bridgehead atoms. The van der Waals surface area contributed by atoms with Gasteiger partial charge in [-0.05, 0) is 42.3 Å². The van der Waals surface area contributed by atoms with E-state index in [1.807, 2.05) is 12.1 Å². The van der Waals surface area contributed by atoms with Crippen LogP contribution in [0.15, 0.2) is 67.1 Å². The minimum atomic E-state index is -4.46. The summed E-state index contributed by atoms with van der Waals surface area (Å²) in [6.07, 6.45) is -1.45. The summed E-state index contributed by atoms with van der Waals surface area (Å²) in [5.74, 6) is 0.377. The van der Waals surface area contributed by atoms with Crippen LogP contribution in [0.1, 0.15) is 11.1 Å². The molecule has 2 aromatic heterocycles. The van der Waals surface area contributed by atoms with Crippen molar-refractivity contribution in [1.82, 2.24) is 15.0 Å². The summed E-state index contributed by atoms with van der Waals surface area (Å²) in [6, 6.07) is 13.4. The standard InChI is InChI=1S/C22H16F4N4O/c23-18-3-1-2-17-20(18)29-13-30-21(17)28-10-8-14-4-6-16(7-5-14)31-19-12-15(9-11-27-19)22(24,25)26/h1-7,9,11-13H,8,10H2,(H,28,29,30). The van der Waals surface area contributed by atoms with E-state index in [1.54, 1.807) is 24.3 Å². The van der Waals surface area contributed by atoms with Crippen molar-refractivity contribution in [2.24, 2.45) is 0 Å². The number of alkyl halides is 3. The zero-order chi connectivity index (χ0) is 21.8. The van der Waals surface area contributed by atoms with Gasteiger partial charge in [0, 0.05) is 24.2 Å². The van der Waals surface area contributed by atoms with Crippen molar-refractivity contribution in [3.8, 4) is 11.6 Å². The minimum absolute atomic E-state index is 0.132. The first-order chi connectivity index (χ1) is 14.9. The highest BCUT2D eigenvalue weighted by molar-refractivity contribution is 5.89. The molecule has 5 nitrogen and oxygen atoms in total. The van der Waals surface area contributed by atoms with Crippen molar-refractivity contribution >= 4 is 16.7 Å². The van der Waals surface area contributed by atoms with Gasteiger partial charge in [-0.2, -0.15) is 13.2 Å². The largest absolute Gasteiger partial charge is 0.439 e. The lowest BCUT2D eigenvalue weighted by Crippen LogP contribution is -2.07. The summed E-state index contributed by atoms with van der Waals surface area (Å²) >= 11 is 0. The molecule has 0 fully saturated rings. The van der Waals surface area contributed by atoms with E-state index >= 15 is 0 Å². The maximum Gasteiger partial charge on any atom is 0.416 e. The van der Waals surface area contributed by atoms with Gasteiger partial charge in [0.1, 0.15) is 29.2 Å². The fourth-order valence-electron chi connectivity index (χ4n) is 3.00. The van der Waals surface area contributed by atoms with Crippen LogP contribution in [-0.4, -0.2) is 21.5 Å². The Morgan fingerprint density at radius 3 is 2.52 bits per heavy atom. The average molecular weight is 428 g/mol. The van der Waals surface area contributed by atoms with Crippen molar-refractivity contribution in [3.63, 3.8) is 0 Å². The van der Waals surface area contributed by atoms with Crippen LogP contribution >= 0.6 is 0 Å². The number of anilines is 1. The lowest BCUT2D eigenvalue weighted by molar-refractivity contribution is -0.137. The third kappa shape index (κ3) is 4.88. The molecule has 0 saturated carbocycles. The Kier molecular flexibility index (Phi) is 5.66. The van der Waals surface area contributed by atoms with Crippen molar-refractivity contribution in [1.29, 1.82) is 0 Å². The van der Waals surface area contributed by atoms with Crippen molar-refractivity contribution in [2.75, 3.05) is 11.9 Å². The van der Waals surface area contributed by atoms with E-state index in [2.05, 4.69) is 20.3 Å². The molecule has 1 N–H and O–H groups in total. The SMILES string of the molecule is Fc1cccc2c(NCCc3ccc(Oc4cc(C(F)(F)F)ccn4)cc3)ncnc12. The van der Waals surface area contributed by atoms with Gasteiger partial charge in [-0.1, -0.05) is 18.2 Å². The predicted octanol–water partition coefficient (Wildman–Crippen LogP) is 5.63. The molecular formula is C22H16F4N4O. The van der Waals surface area contributed by atoms with Gasteiger partial charge in [-0.25, -0.2) is 19.3 Å². The maximum absolute atomic E-state index is 13.8. The average Bonchev–Trinajstić information content (AvgIpc) is 2.75. The topological polar surface area (TPSA) is 59.9 Å². The summed E-state index contributed by atoms with van der Waals surface area (Å²) in [5.41, 5.74) is 0.406. The molecule has 0 radical (unpaired) electrons. The number of fused-ring (bicyclic) bond motifs is 1. The number of rotatable bonds is 6. The van der Waals surface area contributed by atoms with E-state index in [-0.39, 0.29) is 11.4 Å². The van der Waals surface area contributed by atoms with E-state index in [0.717, 1.165) is 23.9 Å². The number of halogens is 4. The molecule has 4 rings (SSSR count). The second-order valence-corrected chi connectivity index (χ2v) is 6.66. The van der Waals surface area contributed by atoms with Gasteiger partial charge in [0.2, 0.25) is 5.88 Å². The fourth-order valence-corrected chi connectivity index (χ4v) is 3.00. The summed E-state index contributed by atoms with van der Waals surface area (Å²) in [5, 5.41) is 3.77. The Bertz CT molecular complexity index is 1200. The molecule has 158 valence electrons. The molecule has 0 unspecified atom stereocenters. The van der Waals surface area contributed by atoms with Crippen LogP contribution in [0.2, 0.25) is 0 Å². The van der Waals surface area contributed by atoms with Crippen molar-refractivity contribution in [3.05, 3.63) is 84.1 Å². The van der Waals surface area contributed by atoms with Gasteiger partial charge in [0.25, 0.3) is 0 Å². The molecule has 0 saturated heterocycles. The first-order valence-electron chi connectivity index (χ1n) is 9.33. The second-order valence-electron chi connectivity index (χ2n) is 6.66. The monoisotopic (exact) mass is 428 g/mol. The number of benzene rings is 2. The van der Waals surface area contributed by atoms with Gasteiger partial charge >= 0.3 is 6.18 Å². The number of para-hydroxylation sites is 1. The van der Waals surface area contributed by atoms with E-state index in [9.17, 15) is 17.6 Å². The molecule has 0 aliphatic heterocycles. The van der Waals surface area contributed by atoms with Crippen LogP contribution in [0, 0.1) is 5.82 Å². The van der Waals surface area contributed by atoms with Gasteiger partial charge in [0.05, 0.1) is 5.56 Å². The molecule has 9 heteroatoms. The Balaban J connectivity index is 1.37. The van der Waals surface area contributed by atoms with Crippen LogP contribution in [0.3, 0.4) is 0 Å². The van der Waals surface area contributed by atoms with Crippen LogP contribution in [0.5, 0.6) is 11.6 Å². The van der Waals surface area contributed by atoms with Crippen molar-refractivity contribution < 1.29 is 22.3 Å². The molecule has 31 heavy (non-hydrogen) atoms. The molecule has 0 amide bonds. The van der Waals surface area contributed by atoms with Gasteiger partial charge in [0.15, 0.2) is 0 Å². The zero-order valence-corrected chi connectivity index (χ0v) is 16.0. The smallest absolute Gasteiger partial charge is 0.416 e. The molecule has 2 heterocycles. The Morgan fingerprint density at radius 1 is 0.935 bits per heavy atom. The molecule has 0 spiro atoms. The summed E-state index contributed by atoms with van der Waals surface area (Å²) in [6.45, 7) is 0.540. The molecule has 2 aromatic carbocycles. The van der Waals surface area contributed by atoms with E-state index in [0.29, 0.717) is 29.9 Å². The van der Waals surface area contributed by atoms with E-state index in [4.69, 9.17) is 4.74 Å². The Hall–Kier alpha value is -3.75. The lowest BCUT2D eigenvalue weighted by Gasteiger charge is -2.10. The van der Waals surface area contributed by atoms with E-state index in [1.165, 1.54) is 12.4 Å². The zero-order valence-electron chi connectivity index (χ0n) is 16.0.